The fourth-order valence-corrected chi connectivity index (χ4v) is 3.74. The van der Waals surface area contributed by atoms with Crippen molar-refractivity contribution in [2.24, 2.45) is 0 Å². The summed E-state index contributed by atoms with van der Waals surface area (Å²) in [6.45, 7) is 8.36. The van der Waals surface area contributed by atoms with Crippen molar-refractivity contribution in [1.82, 2.24) is 19.9 Å². The van der Waals surface area contributed by atoms with E-state index in [1.165, 1.54) is 0 Å². The molecule has 156 valence electrons. The molecule has 0 radical (unpaired) electrons. The summed E-state index contributed by atoms with van der Waals surface area (Å²) < 4.78 is 4.96. The second kappa shape index (κ2) is 8.23. The zero-order valence-corrected chi connectivity index (χ0v) is 17.4. The zero-order valence-electron chi connectivity index (χ0n) is 17.4. The Morgan fingerprint density at radius 2 is 1.83 bits per heavy atom. The van der Waals surface area contributed by atoms with Crippen LogP contribution in [0.3, 0.4) is 0 Å². The minimum Gasteiger partial charge on any atom is -0.360 e. The average Bonchev–Trinajstić information content (AvgIpc) is 3.12. The van der Waals surface area contributed by atoms with Crippen LogP contribution < -0.4 is 5.32 Å². The first-order valence-electron chi connectivity index (χ1n) is 10.0. The van der Waals surface area contributed by atoms with E-state index in [-0.39, 0.29) is 18.4 Å². The number of pyridine rings is 1. The Bertz CT molecular complexity index is 1100. The fourth-order valence-electron chi connectivity index (χ4n) is 3.74. The van der Waals surface area contributed by atoms with Crippen LogP contribution in [0.15, 0.2) is 34.9 Å². The molecule has 2 amide bonds. The van der Waals surface area contributed by atoms with E-state index >= 15 is 0 Å². The van der Waals surface area contributed by atoms with Crippen LogP contribution in [-0.2, 0) is 4.79 Å². The first-order valence-corrected chi connectivity index (χ1v) is 10.0. The zero-order chi connectivity index (χ0) is 21.3. The molecule has 0 unspecified atom stereocenters. The lowest BCUT2D eigenvalue weighted by atomic mass is 10.0. The number of rotatable bonds is 4. The standard InChI is InChI=1S/C22H25N5O3/c1-14-4-5-19-17(10-14)18(11-15(2)23-19)22(29)27-8-6-26(7-9-27)13-21(28)24-20-12-16(3)30-25-20/h4-5,10-12H,6-9,13H2,1-3H3,(H,24,25,28). The Hall–Kier alpha value is -3.26. The molecule has 30 heavy (non-hydrogen) atoms. The Labute approximate surface area is 174 Å². The first-order chi connectivity index (χ1) is 14.4. The molecule has 4 rings (SSSR count). The van der Waals surface area contributed by atoms with E-state index in [4.69, 9.17) is 4.52 Å². The summed E-state index contributed by atoms with van der Waals surface area (Å²) in [5.41, 5.74) is 3.45. The number of piperazine rings is 1. The van der Waals surface area contributed by atoms with Gasteiger partial charge in [-0.25, -0.2) is 0 Å². The highest BCUT2D eigenvalue weighted by molar-refractivity contribution is 6.06. The van der Waals surface area contributed by atoms with Gasteiger partial charge in [-0.3, -0.25) is 19.5 Å². The van der Waals surface area contributed by atoms with Crippen LogP contribution in [0.2, 0.25) is 0 Å². The molecule has 0 spiro atoms. The lowest BCUT2D eigenvalue weighted by Gasteiger charge is -2.34. The van der Waals surface area contributed by atoms with Gasteiger partial charge in [0, 0.05) is 43.3 Å². The monoisotopic (exact) mass is 407 g/mol. The van der Waals surface area contributed by atoms with Gasteiger partial charge in [0.15, 0.2) is 5.82 Å². The lowest BCUT2D eigenvalue weighted by Crippen LogP contribution is -2.50. The molecule has 0 aliphatic carbocycles. The highest BCUT2D eigenvalue weighted by Crippen LogP contribution is 2.22. The fraction of sp³-hybridized carbons (Fsp3) is 0.364. The molecule has 1 aliphatic heterocycles. The largest absolute Gasteiger partial charge is 0.360 e. The quantitative estimate of drug-likeness (QED) is 0.715. The van der Waals surface area contributed by atoms with E-state index in [9.17, 15) is 9.59 Å². The number of nitrogens with one attached hydrogen (secondary N) is 1. The highest BCUT2D eigenvalue weighted by atomic mass is 16.5. The predicted octanol–water partition coefficient (Wildman–Crippen LogP) is 2.54. The van der Waals surface area contributed by atoms with Gasteiger partial charge >= 0.3 is 0 Å². The second-order valence-electron chi connectivity index (χ2n) is 7.77. The maximum absolute atomic E-state index is 13.2. The maximum Gasteiger partial charge on any atom is 0.254 e. The van der Waals surface area contributed by atoms with Crippen molar-refractivity contribution in [2.45, 2.75) is 20.8 Å². The van der Waals surface area contributed by atoms with Crippen LogP contribution in [0.1, 0.15) is 27.4 Å². The topological polar surface area (TPSA) is 91.6 Å². The molecule has 3 heterocycles. The molecule has 1 aromatic carbocycles. The van der Waals surface area contributed by atoms with Crippen LogP contribution in [0, 0.1) is 20.8 Å². The minimum atomic E-state index is -0.144. The maximum atomic E-state index is 13.2. The number of hydrogen-bond donors (Lipinski definition) is 1. The number of anilines is 1. The molecule has 8 heteroatoms. The van der Waals surface area contributed by atoms with Crippen molar-refractivity contribution >= 4 is 28.5 Å². The molecular weight excluding hydrogens is 382 g/mol. The molecule has 0 saturated carbocycles. The Morgan fingerprint density at radius 3 is 2.53 bits per heavy atom. The number of fused-ring (bicyclic) bond motifs is 1. The van der Waals surface area contributed by atoms with Crippen molar-refractivity contribution in [3.63, 3.8) is 0 Å². The average molecular weight is 407 g/mol. The van der Waals surface area contributed by atoms with Gasteiger partial charge in [0.25, 0.3) is 5.91 Å². The number of hydrogen-bond acceptors (Lipinski definition) is 6. The van der Waals surface area contributed by atoms with Crippen molar-refractivity contribution < 1.29 is 14.1 Å². The van der Waals surface area contributed by atoms with Crippen molar-refractivity contribution in [3.8, 4) is 0 Å². The SMILES string of the molecule is Cc1ccc2nc(C)cc(C(=O)N3CCN(CC(=O)Nc4cc(C)on4)CC3)c2c1. The summed E-state index contributed by atoms with van der Waals surface area (Å²) in [7, 11) is 0. The van der Waals surface area contributed by atoms with E-state index in [1.807, 2.05) is 47.9 Å². The number of benzene rings is 1. The number of amides is 2. The highest BCUT2D eigenvalue weighted by Gasteiger charge is 2.25. The molecule has 1 saturated heterocycles. The number of aromatic nitrogens is 2. The van der Waals surface area contributed by atoms with Gasteiger partial charge in [-0.15, -0.1) is 0 Å². The van der Waals surface area contributed by atoms with Gasteiger partial charge in [-0.2, -0.15) is 0 Å². The molecule has 1 N–H and O–H groups in total. The van der Waals surface area contributed by atoms with E-state index in [1.54, 1.807) is 13.0 Å². The number of nitrogens with zero attached hydrogens (tertiary/aromatic N) is 4. The van der Waals surface area contributed by atoms with Gasteiger partial charge < -0.3 is 14.7 Å². The van der Waals surface area contributed by atoms with Crippen LogP contribution in [0.25, 0.3) is 10.9 Å². The summed E-state index contributed by atoms with van der Waals surface area (Å²) in [5, 5.41) is 7.39. The number of carbonyl (C=O) groups is 2. The van der Waals surface area contributed by atoms with Crippen LogP contribution in [0.5, 0.6) is 0 Å². The molecular formula is C22H25N5O3. The molecule has 1 fully saturated rings. The molecule has 2 aromatic heterocycles. The predicted molar refractivity (Wildman–Crippen MR) is 113 cm³/mol. The number of carbonyl (C=O) groups excluding carboxylic acids is 2. The molecule has 0 bridgehead atoms. The van der Waals surface area contributed by atoms with Crippen LogP contribution in [0.4, 0.5) is 5.82 Å². The summed E-state index contributed by atoms with van der Waals surface area (Å²) in [6.07, 6.45) is 0. The summed E-state index contributed by atoms with van der Waals surface area (Å²) >= 11 is 0. The molecule has 0 atom stereocenters. The normalized spacial score (nSPS) is 14.8. The van der Waals surface area contributed by atoms with Crippen molar-refractivity contribution in [1.29, 1.82) is 0 Å². The van der Waals surface area contributed by atoms with Crippen LogP contribution in [-0.4, -0.2) is 64.5 Å². The van der Waals surface area contributed by atoms with Gasteiger partial charge in [0.1, 0.15) is 5.76 Å². The third kappa shape index (κ3) is 4.33. The van der Waals surface area contributed by atoms with E-state index in [0.29, 0.717) is 43.3 Å². The second-order valence-corrected chi connectivity index (χ2v) is 7.77. The molecule has 3 aromatic rings. The van der Waals surface area contributed by atoms with Crippen molar-refractivity contribution in [3.05, 3.63) is 52.9 Å². The molecule has 1 aliphatic rings. The van der Waals surface area contributed by atoms with E-state index in [0.717, 1.165) is 22.2 Å². The van der Waals surface area contributed by atoms with Gasteiger partial charge in [0.05, 0.1) is 17.6 Å². The summed E-state index contributed by atoms with van der Waals surface area (Å²) in [6, 6.07) is 9.52. The van der Waals surface area contributed by atoms with E-state index < -0.39 is 0 Å². The van der Waals surface area contributed by atoms with Gasteiger partial charge in [-0.05, 0) is 39.0 Å². The summed E-state index contributed by atoms with van der Waals surface area (Å²) in [4.78, 5) is 33.9. The van der Waals surface area contributed by atoms with Crippen molar-refractivity contribution in [2.75, 3.05) is 38.0 Å². The smallest absolute Gasteiger partial charge is 0.254 e. The van der Waals surface area contributed by atoms with Crippen LogP contribution >= 0.6 is 0 Å². The van der Waals surface area contributed by atoms with Gasteiger partial charge in [0.2, 0.25) is 5.91 Å². The summed E-state index contributed by atoms with van der Waals surface area (Å²) in [5.74, 6) is 0.931. The first kappa shape index (κ1) is 20.0. The minimum absolute atomic E-state index is 0.0123. The Morgan fingerprint density at radius 1 is 1.07 bits per heavy atom. The van der Waals surface area contributed by atoms with E-state index in [2.05, 4.69) is 15.5 Å². The van der Waals surface area contributed by atoms with Gasteiger partial charge in [-0.1, -0.05) is 16.8 Å². The third-order valence-electron chi connectivity index (χ3n) is 5.24. The Balaban J connectivity index is 1.39. The Kier molecular flexibility index (Phi) is 5.50. The third-order valence-corrected chi connectivity index (χ3v) is 5.24. The number of aryl methyl sites for hydroxylation is 3. The lowest BCUT2D eigenvalue weighted by molar-refractivity contribution is -0.117. The molecule has 8 nitrogen and oxygen atoms in total.